The molecule has 4 saturated carbocycles. The van der Waals surface area contributed by atoms with Crippen LogP contribution in [0.5, 0.6) is 0 Å². The van der Waals surface area contributed by atoms with Crippen LogP contribution in [0.1, 0.15) is 38.5 Å². The second-order valence-electron chi connectivity index (χ2n) is 5.96. The fourth-order valence-electron chi connectivity index (χ4n) is 4.44. The molecule has 0 aromatic heterocycles. The Bertz CT molecular complexity index is 369. The van der Waals surface area contributed by atoms with Crippen LogP contribution in [0.2, 0.25) is 0 Å². The SMILES string of the molecule is O=C([O-])P(=O)([O-])OC12CC3CC(CC(C3)C1)C2. The summed E-state index contributed by atoms with van der Waals surface area (Å²) in [6.07, 6.45) is 5.53. The predicted molar refractivity (Wildman–Crippen MR) is 55.0 cm³/mol. The van der Waals surface area contributed by atoms with Crippen molar-refractivity contribution in [1.29, 1.82) is 0 Å². The minimum atomic E-state index is -4.86. The summed E-state index contributed by atoms with van der Waals surface area (Å²) in [5, 5.41) is 10.5. The minimum absolute atomic E-state index is 0.517. The van der Waals surface area contributed by atoms with Crippen LogP contribution in [0.3, 0.4) is 0 Å². The molecule has 0 amide bonds. The lowest BCUT2D eigenvalue weighted by molar-refractivity contribution is -0.265. The van der Waals surface area contributed by atoms with Crippen LogP contribution in [0.15, 0.2) is 0 Å². The van der Waals surface area contributed by atoms with Gasteiger partial charge in [-0.1, -0.05) is 0 Å². The van der Waals surface area contributed by atoms with E-state index in [4.69, 9.17) is 4.52 Å². The Morgan fingerprint density at radius 3 is 1.88 bits per heavy atom. The van der Waals surface area contributed by atoms with Crippen molar-refractivity contribution >= 4 is 13.3 Å². The van der Waals surface area contributed by atoms with E-state index in [1.165, 1.54) is 0 Å². The van der Waals surface area contributed by atoms with E-state index < -0.39 is 18.9 Å². The van der Waals surface area contributed by atoms with E-state index in [0.717, 1.165) is 19.3 Å². The summed E-state index contributed by atoms with van der Waals surface area (Å²) < 4.78 is 16.4. The van der Waals surface area contributed by atoms with Gasteiger partial charge in [0, 0.05) is 0 Å². The number of carbonyl (C=O) groups is 1. The molecule has 0 aromatic carbocycles. The van der Waals surface area contributed by atoms with Gasteiger partial charge < -0.3 is 23.9 Å². The summed E-state index contributed by atoms with van der Waals surface area (Å²) in [6, 6.07) is 0. The van der Waals surface area contributed by atoms with Crippen molar-refractivity contribution in [2.45, 2.75) is 44.1 Å². The average molecular weight is 258 g/mol. The van der Waals surface area contributed by atoms with Gasteiger partial charge in [-0.25, -0.2) is 0 Å². The quantitative estimate of drug-likeness (QED) is 0.700. The zero-order chi connectivity index (χ0) is 12.3. The molecular weight excluding hydrogens is 243 g/mol. The lowest BCUT2D eigenvalue weighted by Gasteiger charge is -2.57. The van der Waals surface area contributed by atoms with Crippen molar-refractivity contribution < 1.29 is 23.9 Å². The number of carboxylic acid groups (broad SMARTS) is 1. The Hall–Kier alpha value is -0.380. The topological polar surface area (TPSA) is 89.5 Å². The van der Waals surface area contributed by atoms with Crippen LogP contribution in [-0.2, 0) is 9.09 Å². The zero-order valence-electron chi connectivity index (χ0n) is 9.46. The van der Waals surface area contributed by atoms with Crippen molar-refractivity contribution in [3.8, 4) is 0 Å². The van der Waals surface area contributed by atoms with E-state index in [1.807, 2.05) is 0 Å². The standard InChI is InChI=1S/C11H17O5P/c12-10(13)17(14,15)16-11-4-7-1-8(5-11)3-9(2-7)6-11/h7-9H,1-6H2,(H,12,13)(H,14,15)/p-2. The highest BCUT2D eigenvalue weighted by Gasteiger charge is 2.52. The van der Waals surface area contributed by atoms with Gasteiger partial charge in [0.1, 0.15) is 5.71 Å². The van der Waals surface area contributed by atoms with Gasteiger partial charge in [0.05, 0.1) is 5.60 Å². The highest BCUT2D eigenvalue weighted by molar-refractivity contribution is 7.68. The Kier molecular flexibility index (Phi) is 2.45. The lowest BCUT2D eigenvalue weighted by Crippen LogP contribution is -2.52. The maximum atomic E-state index is 11.4. The van der Waals surface area contributed by atoms with E-state index in [0.29, 0.717) is 37.0 Å². The molecule has 0 aromatic rings. The molecule has 0 saturated heterocycles. The second kappa shape index (κ2) is 3.56. The monoisotopic (exact) mass is 258 g/mol. The molecular formula is C11H15O5P-2. The smallest absolute Gasteiger partial charge is 0.181 e. The average Bonchev–Trinajstić information content (AvgIpc) is 2.12. The zero-order valence-corrected chi connectivity index (χ0v) is 10.4. The van der Waals surface area contributed by atoms with Gasteiger partial charge in [-0.2, -0.15) is 0 Å². The summed E-state index contributed by atoms with van der Waals surface area (Å²) in [4.78, 5) is 21.9. The van der Waals surface area contributed by atoms with E-state index in [1.54, 1.807) is 0 Å². The Labute approximate surface area is 99.7 Å². The third-order valence-corrected chi connectivity index (χ3v) is 5.59. The van der Waals surface area contributed by atoms with E-state index in [2.05, 4.69) is 0 Å². The first-order valence-corrected chi connectivity index (χ1v) is 7.66. The van der Waals surface area contributed by atoms with Crippen LogP contribution >= 0.6 is 7.60 Å². The maximum Gasteiger partial charge on any atom is 0.181 e. The van der Waals surface area contributed by atoms with E-state index in [9.17, 15) is 19.4 Å². The molecule has 1 atom stereocenters. The first kappa shape index (κ1) is 11.7. The fraction of sp³-hybridized carbons (Fsp3) is 0.909. The van der Waals surface area contributed by atoms with Crippen molar-refractivity contribution in [3.63, 3.8) is 0 Å². The molecule has 4 aliphatic rings. The molecule has 6 heteroatoms. The minimum Gasteiger partial charge on any atom is -0.774 e. The molecule has 4 fully saturated rings. The van der Waals surface area contributed by atoms with Crippen LogP contribution in [0.25, 0.3) is 0 Å². The van der Waals surface area contributed by atoms with Crippen molar-refractivity contribution in [2.24, 2.45) is 17.8 Å². The normalized spacial score (nSPS) is 46.8. The number of carbonyl (C=O) groups excluding carboxylic acids is 1. The predicted octanol–water partition coefficient (Wildman–Crippen LogP) is 0.868. The summed E-state index contributed by atoms with van der Waals surface area (Å²) in [5.41, 5.74) is -2.82. The second-order valence-corrected chi connectivity index (χ2v) is 7.50. The van der Waals surface area contributed by atoms with Crippen molar-refractivity contribution in [1.82, 2.24) is 0 Å². The van der Waals surface area contributed by atoms with Gasteiger partial charge in [-0.15, -0.1) is 0 Å². The lowest BCUT2D eigenvalue weighted by atomic mass is 9.54. The third kappa shape index (κ3) is 1.94. The molecule has 0 heterocycles. The van der Waals surface area contributed by atoms with Gasteiger partial charge in [0.2, 0.25) is 0 Å². The highest BCUT2D eigenvalue weighted by Crippen LogP contribution is 2.60. The maximum absolute atomic E-state index is 11.4. The van der Waals surface area contributed by atoms with Gasteiger partial charge in [0.15, 0.2) is 7.60 Å². The van der Waals surface area contributed by atoms with Crippen molar-refractivity contribution in [3.05, 3.63) is 0 Å². The Balaban J connectivity index is 1.83. The molecule has 5 nitrogen and oxygen atoms in total. The number of hydrogen-bond acceptors (Lipinski definition) is 5. The molecule has 4 rings (SSSR count). The summed E-state index contributed by atoms with van der Waals surface area (Å²) in [5.74, 6) is 1.55. The van der Waals surface area contributed by atoms with Gasteiger partial charge >= 0.3 is 0 Å². The number of hydrogen-bond donors (Lipinski definition) is 0. The van der Waals surface area contributed by atoms with Crippen molar-refractivity contribution in [2.75, 3.05) is 0 Å². The molecule has 0 radical (unpaired) electrons. The van der Waals surface area contributed by atoms with Gasteiger partial charge in [0.25, 0.3) is 0 Å². The molecule has 1 unspecified atom stereocenters. The Morgan fingerprint density at radius 2 is 1.53 bits per heavy atom. The summed E-state index contributed by atoms with van der Waals surface area (Å²) in [7, 11) is -4.86. The van der Waals surface area contributed by atoms with Crippen LogP contribution < -0.4 is 10.00 Å². The van der Waals surface area contributed by atoms with Crippen LogP contribution in [0.4, 0.5) is 4.79 Å². The number of rotatable bonds is 3. The third-order valence-electron chi connectivity index (χ3n) is 4.52. The Morgan fingerprint density at radius 1 is 1.12 bits per heavy atom. The largest absolute Gasteiger partial charge is 0.774 e. The first-order valence-electron chi connectivity index (χ1n) is 6.12. The molecule has 0 spiro atoms. The van der Waals surface area contributed by atoms with Crippen LogP contribution in [-0.4, -0.2) is 11.3 Å². The molecule has 17 heavy (non-hydrogen) atoms. The molecule has 4 aliphatic carbocycles. The van der Waals surface area contributed by atoms with Crippen LogP contribution in [0, 0.1) is 17.8 Å². The molecule has 0 N–H and O–H groups in total. The summed E-state index contributed by atoms with van der Waals surface area (Å²) >= 11 is 0. The van der Waals surface area contributed by atoms with Gasteiger partial charge in [-0.05, 0) is 56.3 Å². The first-order chi connectivity index (χ1) is 7.89. The van der Waals surface area contributed by atoms with E-state index >= 15 is 0 Å². The molecule has 4 bridgehead atoms. The van der Waals surface area contributed by atoms with E-state index in [-0.39, 0.29) is 0 Å². The highest BCUT2D eigenvalue weighted by atomic mass is 31.2. The molecule has 0 aliphatic heterocycles. The fourth-order valence-corrected chi connectivity index (χ4v) is 5.24. The summed E-state index contributed by atoms with van der Waals surface area (Å²) in [6.45, 7) is 0. The molecule has 96 valence electrons. The van der Waals surface area contributed by atoms with Gasteiger partial charge in [-0.3, -0.25) is 0 Å².